The Morgan fingerprint density at radius 1 is 1.12 bits per heavy atom. The van der Waals surface area contributed by atoms with Crippen molar-refractivity contribution in [2.75, 3.05) is 14.2 Å². The highest BCUT2D eigenvalue weighted by Gasteiger charge is 2.14. The highest BCUT2D eigenvalue weighted by molar-refractivity contribution is 5.94. The smallest absolute Gasteiger partial charge is 0.254 e. The number of nitrogens with zero attached hydrogens (tertiary/aromatic N) is 1. The maximum atomic E-state index is 12.6. The molecule has 3 rings (SSSR count). The number of aromatic nitrogens is 1. The van der Waals surface area contributed by atoms with Gasteiger partial charge in [0.2, 0.25) is 0 Å². The molecule has 0 aliphatic carbocycles. The first-order valence-corrected chi connectivity index (χ1v) is 7.59. The molecule has 0 aliphatic rings. The lowest BCUT2D eigenvalue weighted by molar-refractivity contribution is 0.0784. The molecule has 0 bridgehead atoms. The first-order chi connectivity index (χ1) is 11.6. The Labute approximate surface area is 139 Å². The number of ether oxygens (including phenoxy) is 1. The van der Waals surface area contributed by atoms with Gasteiger partial charge in [-0.2, -0.15) is 0 Å². The molecule has 2 aromatic carbocycles. The van der Waals surface area contributed by atoms with Gasteiger partial charge in [-0.1, -0.05) is 24.3 Å². The van der Waals surface area contributed by atoms with Gasteiger partial charge in [0.25, 0.3) is 11.5 Å². The van der Waals surface area contributed by atoms with E-state index in [9.17, 15) is 9.59 Å². The average Bonchev–Trinajstić information content (AvgIpc) is 2.61. The van der Waals surface area contributed by atoms with E-state index >= 15 is 0 Å². The van der Waals surface area contributed by atoms with Crippen LogP contribution in [0.1, 0.15) is 15.9 Å². The molecule has 0 radical (unpaired) electrons. The zero-order chi connectivity index (χ0) is 17.1. The summed E-state index contributed by atoms with van der Waals surface area (Å²) in [5, 5.41) is 0.939. The van der Waals surface area contributed by atoms with E-state index in [4.69, 9.17) is 4.74 Å². The molecule has 1 aromatic heterocycles. The first-order valence-electron chi connectivity index (χ1n) is 7.59. The van der Waals surface area contributed by atoms with Gasteiger partial charge in [-0.3, -0.25) is 9.59 Å². The van der Waals surface area contributed by atoms with Crippen molar-refractivity contribution >= 4 is 16.8 Å². The van der Waals surface area contributed by atoms with Gasteiger partial charge >= 0.3 is 0 Å². The highest BCUT2D eigenvalue weighted by atomic mass is 16.5. The molecule has 0 spiro atoms. The van der Waals surface area contributed by atoms with E-state index in [2.05, 4.69) is 4.98 Å². The molecule has 1 N–H and O–H groups in total. The zero-order valence-corrected chi connectivity index (χ0v) is 13.6. The average molecular weight is 322 g/mol. The fraction of sp³-hybridized carbons (Fsp3) is 0.158. The Hall–Kier alpha value is -3.08. The predicted molar refractivity (Wildman–Crippen MR) is 93.4 cm³/mol. The van der Waals surface area contributed by atoms with Crippen LogP contribution in [0.25, 0.3) is 10.9 Å². The van der Waals surface area contributed by atoms with E-state index in [0.717, 1.165) is 10.9 Å². The number of carbonyl (C=O) groups excluding carboxylic acids is 1. The van der Waals surface area contributed by atoms with Gasteiger partial charge in [-0.25, -0.2) is 0 Å². The molecule has 1 heterocycles. The molecular weight excluding hydrogens is 304 g/mol. The van der Waals surface area contributed by atoms with Gasteiger partial charge in [0, 0.05) is 23.7 Å². The number of hydrogen-bond donors (Lipinski definition) is 1. The maximum absolute atomic E-state index is 12.6. The van der Waals surface area contributed by atoms with E-state index in [1.54, 1.807) is 38.4 Å². The summed E-state index contributed by atoms with van der Waals surface area (Å²) in [7, 11) is 3.23. The molecule has 0 fully saturated rings. The lowest BCUT2D eigenvalue weighted by Gasteiger charge is -2.17. The molecule has 0 saturated heterocycles. The van der Waals surface area contributed by atoms with Crippen LogP contribution in [0.4, 0.5) is 0 Å². The lowest BCUT2D eigenvalue weighted by atomic mass is 10.1. The molecule has 5 heteroatoms. The molecule has 5 nitrogen and oxygen atoms in total. The number of nitrogens with one attached hydrogen (secondary N) is 1. The van der Waals surface area contributed by atoms with Crippen LogP contribution in [0.2, 0.25) is 0 Å². The van der Waals surface area contributed by atoms with Gasteiger partial charge in [0.15, 0.2) is 0 Å². The summed E-state index contributed by atoms with van der Waals surface area (Å²) >= 11 is 0. The minimum atomic E-state index is -0.181. The van der Waals surface area contributed by atoms with Crippen LogP contribution in [-0.4, -0.2) is 29.9 Å². The zero-order valence-electron chi connectivity index (χ0n) is 13.6. The van der Waals surface area contributed by atoms with Crippen LogP contribution in [0.15, 0.2) is 59.4 Å². The number of hydrogen-bond acceptors (Lipinski definition) is 3. The third-order valence-electron chi connectivity index (χ3n) is 3.90. The molecule has 3 aromatic rings. The minimum Gasteiger partial charge on any atom is -0.497 e. The van der Waals surface area contributed by atoms with Crippen LogP contribution < -0.4 is 10.3 Å². The van der Waals surface area contributed by atoms with Crippen molar-refractivity contribution in [3.63, 3.8) is 0 Å². The number of methoxy groups -OCH3 is 1. The van der Waals surface area contributed by atoms with Crippen molar-refractivity contribution < 1.29 is 9.53 Å². The van der Waals surface area contributed by atoms with E-state index < -0.39 is 0 Å². The van der Waals surface area contributed by atoms with Gasteiger partial charge < -0.3 is 14.6 Å². The minimum absolute atomic E-state index is 0.165. The number of benzene rings is 2. The van der Waals surface area contributed by atoms with Gasteiger partial charge in [-0.05, 0) is 35.7 Å². The predicted octanol–water partition coefficient (Wildman–Crippen LogP) is 2.81. The molecule has 0 unspecified atom stereocenters. The Morgan fingerprint density at radius 3 is 2.71 bits per heavy atom. The second-order valence-electron chi connectivity index (χ2n) is 5.60. The van der Waals surface area contributed by atoms with Crippen LogP contribution in [0, 0.1) is 0 Å². The molecule has 0 atom stereocenters. The Balaban J connectivity index is 1.86. The summed E-state index contributed by atoms with van der Waals surface area (Å²) in [6.07, 6.45) is 0. The summed E-state index contributed by atoms with van der Waals surface area (Å²) in [5.74, 6) is 0.458. The van der Waals surface area contributed by atoms with Crippen LogP contribution in [-0.2, 0) is 6.54 Å². The quantitative estimate of drug-likeness (QED) is 0.803. The van der Waals surface area contributed by atoms with Crippen LogP contribution in [0.5, 0.6) is 5.75 Å². The molecule has 122 valence electrons. The first kappa shape index (κ1) is 15.8. The summed E-state index contributed by atoms with van der Waals surface area (Å²) in [4.78, 5) is 29.1. The maximum Gasteiger partial charge on any atom is 0.254 e. The number of rotatable bonds is 4. The Kier molecular flexibility index (Phi) is 4.33. The number of H-pyrrole nitrogens is 1. The van der Waals surface area contributed by atoms with Crippen molar-refractivity contribution in [3.8, 4) is 5.75 Å². The number of pyridine rings is 1. The highest BCUT2D eigenvalue weighted by Crippen LogP contribution is 2.15. The third kappa shape index (κ3) is 3.15. The lowest BCUT2D eigenvalue weighted by Crippen LogP contribution is -2.29. The number of para-hydroxylation sites is 1. The van der Waals surface area contributed by atoms with E-state index in [1.165, 1.54) is 4.90 Å². The molecule has 0 saturated carbocycles. The fourth-order valence-electron chi connectivity index (χ4n) is 2.61. The summed E-state index contributed by atoms with van der Waals surface area (Å²) < 4.78 is 5.14. The standard InChI is InChI=1S/C19H18N2O3/c1-21(19(23)14-7-5-8-16(11-14)24-2)12-15-10-13-6-3-4-9-17(13)20-18(15)22/h3-11H,12H2,1-2H3,(H,20,22). The van der Waals surface area contributed by atoms with E-state index in [-0.39, 0.29) is 18.0 Å². The second-order valence-corrected chi connectivity index (χ2v) is 5.60. The number of fused-ring (bicyclic) bond motifs is 1. The van der Waals surface area contributed by atoms with E-state index in [0.29, 0.717) is 16.9 Å². The van der Waals surface area contributed by atoms with Crippen molar-refractivity contribution in [3.05, 3.63) is 76.1 Å². The normalized spacial score (nSPS) is 10.6. The van der Waals surface area contributed by atoms with Crippen molar-refractivity contribution in [2.45, 2.75) is 6.54 Å². The van der Waals surface area contributed by atoms with Crippen LogP contribution >= 0.6 is 0 Å². The Bertz CT molecular complexity index is 946. The van der Waals surface area contributed by atoms with Crippen molar-refractivity contribution in [2.24, 2.45) is 0 Å². The van der Waals surface area contributed by atoms with Crippen LogP contribution in [0.3, 0.4) is 0 Å². The number of amides is 1. The van der Waals surface area contributed by atoms with E-state index in [1.807, 2.05) is 30.3 Å². The largest absolute Gasteiger partial charge is 0.497 e. The fourth-order valence-corrected chi connectivity index (χ4v) is 2.61. The SMILES string of the molecule is COc1cccc(C(=O)N(C)Cc2cc3ccccc3[nH]c2=O)c1. The summed E-state index contributed by atoms with van der Waals surface area (Å²) in [5.41, 5.74) is 1.67. The third-order valence-corrected chi connectivity index (χ3v) is 3.90. The topological polar surface area (TPSA) is 62.4 Å². The number of aromatic amines is 1. The molecular formula is C19H18N2O3. The summed E-state index contributed by atoms with van der Waals surface area (Å²) in [6.45, 7) is 0.232. The Morgan fingerprint density at radius 2 is 1.92 bits per heavy atom. The van der Waals surface area contributed by atoms with Gasteiger partial charge in [-0.15, -0.1) is 0 Å². The summed E-state index contributed by atoms with van der Waals surface area (Å²) in [6, 6.07) is 16.3. The second kappa shape index (κ2) is 6.58. The van der Waals surface area contributed by atoms with Crippen molar-refractivity contribution in [1.82, 2.24) is 9.88 Å². The van der Waals surface area contributed by atoms with Gasteiger partial charge in [0.1, 0.15) is 5.75 Å². The molecule has 1 amide bonds. The number of carbonyl (C=O) groups is 1. The van der Waals surface area contributed by atoms with Gasteiger partial charge in [0.05, 0.1) is 13.7 Å². The molecule has 0 aliphatic heterocycles. The monoisotopic (exact) mass is 322 g/mol. The van der Waals surface area contributed by atoms with Crippen molar-refractivity contribution in [1.29, 1.82) is 0 Å². The molecule has 24 heavy (non-hydrogen) atoms.